The normalized spacial score (nSPS) is 11.4. The SMILES string of the molecule is CN(C(=O)c1ccc(NS(=O)(=O)c2ccc3[nH]c(=O)[nH]c3c2)cc1)c1ccccc1. The molecule has 4 rings (SSSR count). The first-order valence-corrected chi connectivity index (χ1v) is 10.5. The van der Waals surface area contributed by atoms with Crippen molar-refractivity contribution in [2.75, 3.05) is 16.7 Å². The highest BCUT2D eigenvalue weighted by molar-refractivity contribution is 7.92. The van der Waals surface area contributed by atoms with Gasteiger partial charge in [-0.3, -0.25) is 9.52 Å². The van der Waals surface area contributed by atoms with Crippen LogP contribution in [0.3, 0.4) is 0 Å². The van der Waals surface area contributed by atoms with E-state index in [2.05, 4.69) is 14.7 Å². The Morgan fingerprint density at radius 3 is 2.27 bits per heavy atom. The zero-order valence-corrected chi connectivity index (χ0v) is 16.7. The lowest BCUT2D eigenvalue weighted by Gasteiger charge is -2.17. The van der Waals surface area contributed by atoms with E-state index in [1.807, 2.05) is 30.3 Å². The molecule has 0 aliphatic carbocycles. The average Bonchev–Trinajstić information content (AvgIpc) is 3.13. The summed E-state index contributed by atoms with van der Waals surface area (Å²) in [4.78, 5) is 30.6. The van der Waals surface area contributed by atoms with Crippen LogP contribution in [-0.2, 0) is 10.0 Å². The summed E-state index contributed by atoms with van der Waals surface area (Å²) in [5.74, 6) is -0.211. The average molecular weight is 422 g/mol. The maximum atomic E-state index is 12.7. The lowest BCUT2D eigenvalue weighted by atomic mass is 10.1. The molecule has 0 unspecified atom stereocenters. The van der Waals surface area contributed by atoms with E-state index in [4.69, 9.17) is 0 Å². The zero-order valence-electron chi connectivity index (χ0n) is 15.9. The van der Waals surface area contributed by atoms with Crippen LogP contribution in [0.15, 0.2) is 82.5 Å². The van der Waals surface area contributed by atoms with Crippen molar-refractivity contribution in [1.29, 1.82) is 0 Å². The van der Waals surface area contributed by atoms with Gasteiger partial charge in [0.1, 0.15) is 0 Å². The van der Waals surface area contributed by atoms with Crippen molar-refractivity contribution in [2.24, 2.45) is 0 Å². The molecule has 1 heterocycles. The van der Waals surface area contributed by atoms with Crippen LogP contribution in [0.4, 0.5) is 11.4 Å². The fourth-order valence-corrected chi connectivity index (χ4v) is 4.12. The number of benzene rings is 3. The van der Waals surface area contributed by atoms with Crippen LogP contribution in [0.2, 0.25) is 0 Å². The number of rotatable bonds is 5. The molecule has 3 aromatic carbocycles. The number of carbonyl (C=O) groups excluding carboxylic acids is 1. The number of para-hydroxylation sites is 1. The number of amides is 1. The fourth-order valence-electron chi connectivity index (χ4n) is 3.04. The number of carbonyl (C=O) groups is 1. The summed E-state index contributed by atoms with van der Waals surface area (Å²) in [5.41, 5.74) is 2.00. The van der Waals surface area contributed by atoms with Crippen LogP contribution in [0.5, 0.6) is 0 Å². The molecule has 3 N–H and O–H groups in total. The number of nitrogens with zero attached hydrogens (tertiary/aromatic N) is 1. The van der Waals surface area contributed by atoms with E-state index in [-0.39, 0.29) is 10.8 Å². The van der Waals surface area contributed by atoms with E-state index in [0.29, 0.717) is 22.3 Å². The van der Waals surface area contributed by atoms with Crippen LogP contribution < -0.4 is 15.3 Å². The lowest BCUT2D eigenvalue weighted by molar-refractivity contribution is 0.0993. The second kappa shape index (κ2) is 7.53. The molecule has 9 heteroatoms. The molecule has 0 aliphatic rings. The molecule has 0 saturated heterocycles. The number of fused-ring (bicyclic) bond motifs is 1. The van der Waals surface area contributed by atoms with Gasteiger partial charge in [0.25, 0.3) is 15.9 Å². The van der Waals surface area contributed by atoms with Gasteiger partial charge in [0.2, 0.25) is 0 Å². The molecule has 4 aromatic rings. The molecule has 0 radical (unpaired) electrons. The van der Waals surface area contributed by atoms with E-state index in [9.17, 15) is 18.0 Å². The first kappa shape index (κ1) is 19.5. The number of H-pyrrole nitrogens is 2. The molecule has 1 amide bonds. The zero-order chi connectivity index (χ0) is 21.3. The van der Waals surface area contributed by atoms with Crippen molar-refractivity contribution < 1.29 is 13.2 Å². The van der Waals surface area contributed by atoms with Crippen molar-refractivity contribution in [2.45, 2.75) is 4.90 Å². The highest BCUT2D eigenvalue weighted by atomic mass is 32.2. The van der Waals surface area contributed by atoms with Crippen LogP contribution in [-0.4, -0.2) is 31.3 Å². The molecule has 30 heavy (non-hydrogen) atoms. The molecule has 0 atom stereocenters. The molecule has 0 spiro atoms. The third-order valence-corrected chi connectivity index (χ3v) is 6.01. The Hall–Kier alpha value is -3.85. The number of aromatic amines is 2. The second-order valence-electron chi connectivity index (χ2n) is 6.67. The summed E-state index contributed by atoms with van der Waals surface area (Å²) < 4.78 is 27.8. The number of anilines is 2. The summed E-state index contributed by atoms with van der Waals surface area (Å²) in [5, 5.41) is 0. The Kier molecular flexibility index (Phi) is 4.88. The molecule has 0 saturated carbocycles. The smallest absolute Gasteiger partial charge is 0.311 e. The summed E-state index contributed by atoms with van der Waals surface area (Å²) in [6.07, 6.45) is 0. The molecule has 0 fully saturated rings. The standard InChI is InChI=1S/C21H18N4O4S/c1-25(16-5-3-2-4-6-16)20(26)14-7-9-15(10-8-14)24-30(28,29)17-11-12-18-19(13-17)23-21(27)22-18/h2-13,24H,1H3,(H2,22,23,27). The van der Waals surface area contributed by atoms with Gasteiger partial charge in [0, 0.05) is 24.0 Å². The monoisotopic (exact) mass is 422 g/mol. The van der Waals surface area contributed by atoms with Gasteiger partial charge in [-0.2, -0.15) is 0 Å². The first-order chi connectivity index (χ1) is 14.3. The first-order valence-electron chi connectivity index (χ1n) is 9.01. The predicted octanol–water partition coefficient (Wildman–Crippen LogP) is 2.93. The Morgan fingerprint density at radius 2 is 1.57 bits per heavy atom. The lowest BCUT2D eigenvalue weighted by Crippen LogP contribution is -2.26. The number of sulfonamides is 1. The van der Waals surface area contributed by atoms with E-state index in [0.717, 1.165) is 5.69 Å². The quantitative estimate of drug-likeness (QED) is 0.459. The van der Waals surface area contributed by atoms with E-state index in [1.165, 1.54) is 35.2 Å². The van der Waals surface area contributed by atoms with Gasteiger partial charge in [-0.1, -0.05) is 18.2 Å². The summed E-state index contributed by atoms with van der Waals surface area (Å²) in [6, 6.07) is 19.7. The number of hydrogen-bond acceptors (Lipinski definition) is 4. The number of hydrogen-bond donors (Lipinski definition) is 3. The van der Waals surface area contributed by atoms with Crippen molar-refractivity contribution in [3.63, 3.8) is 0 Å². The summed E-state index contributed by atoms with van der Waals surface area (Å²) in [7, 11) is -2.19. The van der Waals surface area contributed by atoms with Gasteiger partial charge in [0.15, 0.2) is 0 Å². The molecule has 8 nitrogen and oxygen atoms in total. The van der Waals surface area contributed by atoms with Crippen LogP contribution in [0.1, 0.15) is 10.4 Å². The van der Waals surface area contributed by atoms with Gasteiger partial charge in [-0.25, -0.2) is 13.2 Å². The van der Waals surface area contributed by atoms with Crippen molar-refractivity contribution in [3.8, 4) is 0 Å². The number of nitrogens with one attached hydrogen (secondary N) is 3. The minimum absolute atomic E-state index is 0.00853. The summed E-state index contributed by atoms with van der Waals surface area (Å²) >= 11 is 0. The minimum Gasteiger partial charge on any atom is -0.311 e. The van der Waals surface area contributed by atoms with Crippen molar-refractivity contribution in [1.82, 2.24) is 9.97 Å². The van der Waals surface area contributed by atoms with E-state index in [1.54, 1.807) is 19.2 Å². The summed E-state index contributed by atoms with van der Waals surface area (Å²) in [6.45, 7) is 0. The van der Waals surface area contributed by atoms with Gasteiger partial charge >= 0.3 is 5.69 Å². The van der Waals surface area contributed by atoms with E-state index >= 15 is 0 Å². The van der Waals surface area contributed by atoms with E-state index < -0.39 is 15.7 Å². The molecular formula is C21H18N4O4S. The largest absolute Gasteiger partial charge is 0.323 e. The number of aromatic nitrogens is 2. The highest BCUT2D eigenvalue weighted by Crippen LogP contribution is 2.21. The van der Waals surface area contributed by atoms with Crippen molar-refractivity contribution in [3.05, 3.63) is 88.8 Å². The van der Waals surface area contributed by atoms with Crippen LogP contribution >= 0.6 is 0 Å². The Morgan fingerprint density at radius 1 is 0.900 bits per heavy atom. The molecule has 0 aliphatic heterocycles. The third-order valence-electron chi connectivity index (χ3n) is 4.63. The van der Waals surface area contributed by atoms with Crippen molar-refractivity contribution >= 4 is 38.3 Å². The van der Waals surface area contributed by atoms with Gasteiger partial charge in [0.05, 0.1) is 15.9 Å². The maximum Gasteiger partial charge on any atom is 0.323 e. The Balaban J connectivity index is 1.53. The molecule has 1 aromatic heterocycles. The minimum atomic E-state index is -3.87. The number of imidazole rings is 1. The molecule has 0 bridgehead atoms. The fraction of sp³-hybridized carbons (Fsp3) is 0.0476. The Bertz CT molecular complexity index is 1370. The molecular weight excluding hydrogens is 404 g/mol. The van der Waals surface area contributed by atoms with Gasteiger partial charge < -0.3 is 14.9 Å². The highest BCUT2D eigenvalue weighted by Gasteiger charge is 2.17. The van der Waals surface area contributed by atoms with Gasteiger partial charge in [-0.05, 0) is 54.6 Å². The molecule has 152 valence electrons. The van der Waals surface area contributed by atoms with Gasteiger partial charge in [-0.15, -0.1) is 0 Å². The maximum absolute atomic E-state index is 12.7. The topological polar surface area (TPSA) is 115 Å². The predicted molar refractivity (Wildman–Crippen MR) is 115 cm³/mol. The third kappa shape index (κ3) is 3.83. The second-order valence-corrected chi connectivity index (χ2v) is 8.35. The van der Waals surface area contributed by atoms with Crippen LogP contribution in [0, 0.1) is 0 Å². The van der Waals surface area contributed by atoms with Crippen LogP contribution in [0.25, 0.3) is 11.0 Å². The Labute approximate surface area is 172 Å².